The second kappa shape index (κ2) is 9.49. The van der Waals surface area contributed by atoms with Gasteiger partial charge >= 0.3 is 0 Å². The van der Waals surface area contributed by atoms with Crippen molar-refractivity contribution in [1.29, 1.82) is 0 Å². The molecular weight excluding hydrogens is 510 g/mol. The van der Waals surface area contributed by atoms with Crippen LogP contribution in [0.15, 0.2) is 85.5 Å². The molecular formula is C27H18BrN3O4. The zero-order chi connectivity index (χ0) is 24.4. The molecule has 0 aliphatic heterocycles. The van der Waals surface area contributed by atoms with Gasteiger partial charge < -0.3 is 13.9 Å². The van der Waals surface area contributed by atoms with Crippen LogP contribution in [0, 0.1) is 12.3 Å². The SMILES string of the molecule is C#CCOc1c(C=Nn2c(-c3cc4ccccc4o3)nc3ccccc3c2=O)cc(Br)cc1OC. The smallest absolute Gasteiger partial charge is 0.282 e. The van der Waals surface area contributed by atoms with Crippen LogP contribution in [0.5, 0.6) is 11.5 Å². The lowest BCUT2D eigenvalue weighted by Crippen LogP contribution is -2.20. The third-order valence-corrected chi connectivity index (χ3v) is 5.74. The summed E-state index contributed by atoms with van der Waals surface area (Å²) < 4.78 is 19.1. The molecule has 0 aliphatic carbocycles. The van der Waals surface area contributed by atoms with Crippen LogP contribution in [0.4, 0.5) is 0 Å². The minimum absolute atomic E-state index is 0.0422. The summed E-state index contributed by atoms with van der Waals surface area (Å²) in [4.78, 5) is 18.2. The number of halogens is 1. The van der Waals surface area contributed by atoms with Crippen molar-refractivity contribution in [2.24, 2.45) is 5.10 Å². The minimum Gasteiger partial charge on any atom is -0.493 e. The molecule has 7 nitrogen and oxygen atoms in total. The Morgan fingerprint density at radius 2 is 1.97 bits per heavy atom. The number of nitrogens with zero attached hydrogens (tertiary/aromatic N) is 3. The normalized spacial score (nSPS) is 11.2. The Bertz CT molecular complexity index is 1660. The van der Waals surface area contributed by atoms with E-state index in [1.807, 2.05) is 36.4 Å². The molecule has 2 heterocycles. The molecule has 0 aliphatic rings. The third-order valence-electron chi connectivity index (χ3n) is 5.28. The van der Waals surface area contributed by atoms with Crippen molar-refractivity contribution in [3.05, 3.63) is 87.1 Å². The maximum Gasteiger partial charge on any atom is 0.282 e. The number of terminal acetylenes is 1. The van der Waals surface area contributed by atoms with E-state index in [4.69, 9.17) is 25.3 Å². The highest BCUT2D eigenvalue weighted by Crippen LogP contribution is 2.34. The number of benzene rings is 3. The molecule has 0 bridgehead atoms. The lowest BCUT2D eigenvalue weighted by atomic mass is 10.2. The Balaban J connectivity index is 1.72. The van der Waals surface area contributed by atoms with Gasteiger partial charge in [-0.15, -0.1) is 6.42 Å². The van der Waals surface area contributed by atoms with Crippen LogP contribution in [0.2, 0.25) is 0 Å². The van der Waals surface area contributed by atoms with Crippen LogP contribution in [-0.4, -0.2) is 29.6 Å². The van der Waals surface area contributed by atoms with Crippen LogP contribution in [0.3, 0.4) is 0 Å². The van der Waals surface area contributed by atoms with Crippen molar-refractivity contribution in [3.8, 4) is 35.4 Å². The average molecular weight is 528 g/mol. The fraction of sp³-hybridized carbons (Fsp3) is 0.0741. The first-order chi connectivity index (χ1) is 17.1. The van der Waals surface area contributed by atoms with Gasteiger partial charge in [-0.3, -0.25) is 4.79 Å². The first kappa shape index (κ1) is 22.4. The van der Waals surface area contributed by atoms with Crippen LogP contribution in [-0.2, 0) is 0 Å². The van der Waals surface area contributed by atoms with Crippen molar-refractivity contribution in [1.82, 2.24) is 9.66 Å². The van der Waals surface area contributed by atoms with Gasteiger partial charge in [0, 0.05) is 15.4 Å². The summed E-state index contributed by atoms with van der Waals surface area (Å²) >= 11 is 3.47. The number of hydrogen-bond donors (Lipinski definition) is 0. The fourth-order valence-electron chi connectivity index (χ4n) is 3.71. The summed E-state index contributed by atoms with van der Waals surface area (Å²) in [6, 6.07) is 20.1. The van der Waals surface area contributed by atoms with Crippen LogP contribution in [0.25, 0.3) is 33.5 Å². The summed E-state index contributed by atoms with van der Waals surface area (Å²) in [5, 5.41) is 5.83. The highest BCUT2D eigenvalue weighted by Gasteiger charge is 2.17. The van der Waals surface area contributed by atoms with Gasteiger partial charge in [-0.25, -0.2) is 4.98 Å². The molecule has 0 atom stereocenters. The maximum atomic E-state index is 13.5. The van der Waals surface area contributed by atoms with E-state index in [0.29, 0.717) is 39.3 Å². The van der Waals surface area contributed by atoms with Gasteiger partial charge in [0.15, 0.2) is 17.3 Å². The van der Waals surface area contributed by atoms with E-state index in [-0.39, 0.29) is 18.0 Å². The Kier molecular flexibility index (Phi) is 6.08. The van der Waals surface area contributed by atoms with E-state index in [2.05, 4.69) is 27.0 Å². The molecule has 0 N–H and O–H groups in total. The van der Waals surface area contributed by atoms with Crippen molar-refractivity contribution < 1.29 is 13.9 Å². The van der Waals surface area contributed by atoms with Gasteiger partial charge in [0.2, 0.25) is 5.82 Å². The zero-order valence-corrected chi connectivity index (χ0v) is 20.2. The Morgan fingerprint density at radius 3 is 2.77 bits per heavy atom. The molecule has 0 amide bonds. The largest absolute Gasteiger partial charge is 0.493 e. The second-order valence-electron chi connectivity index (χ2n) is 7.48. The number of ether oxygens (including phenoxy) is 2. The molecule has 2 aromatic heterocycles. The molecule has 5 rings (SSSR count). The standard InChI is InChI=1S/C27H18BrN3O4/c1-3-12-34-25-18(13-19(28)15-23(25)33-2)16-29-31-26(24-14-17-8-4-7-11-22(17)35-24)30-21-10-6-5-9-20(21)27(31)32/h1,4-11,13-16H,12H2,2H3. The highest BCUT2D eigenvalue weighted by atomic mass is 79.9. The Hall–Kier alpha value is -4.35. The quantitative estimate of drug-likeness (QED) is 0.216. The molecule has 172 valence electrons. The van der Waals surface area contributed by atoms with E-state index >= 15 is 0 Å². The molecule has 0 unspecified atom stereocenters. The van der Waals surface area contributed by atoms with Gasteiger partial charge in [0.25, 0.3) is 5.56 Å². The van der Waals surface area contributed by atoms with E-state index in [1.54, 1.807) is 30.3 Å². The highest BCUT2D eigenvalue weighted by molar-refractivity contribution is 9.10. The molecule has 5 aromatic rings. The molecule has 0 fully saturated rings. The molecule has 8 heteroatoms. The summed E-state index contributed by atoms with van der Waals surface area (Å²) in [7, 11) is 1.53. The second-order valence-corrected chi connectivity index (χ2v) is 8.40. The topological polar surface area (TPSA) is 78.9 Å². The van der Waals surface area contributed by atoms with Crippen molar-refractivity contribution in [3.63, 3.8) is 0 Å². The monoisotopic (exact) mass is 527 g/mol. The number of methoxy groups -OCH3 is 1. The maximum absolute atomic E-state index is 13.5. The summed E-state index contributed by atoms with van der Waals surface area (Å²) in [5.74, 6) is 4.01. The zero-order valence-electron chi connectivity index (χ0n) is 18.6. The predicted octanol–water partition coefficient (Wildman–Crippen LogP) is 5.48. The van der Waals surface area contributed by atoms with Crippen LogP contribution >= 0.6 is 15.9 Å². The average Bonchev–Trinajstić information content (AvgIpc) is 3.31. The molecule has 3 aromatic carbocycles. The fourth-order valence-corrected chi connectivity index (χ4v) is 4.16. The number of para-hydroxylation sites is 2. The molecule has 35 heavy (non-hydrogen) atoms. The lowest BCUT2D eigenvalue weighted by Gasteiger charge is -2.12. The molecule has 0 spiro atoms. The summed E-state index contributed by atoms with van der Waals surface area (Å²) in [6.45, 7) is 0.0422. The summed E-state index contributed by atoms with van der Waals surface area (Å²) in [6.07, 6.45) is 6.88. The Labute approximate surface area is 208 Å². The van der Waals surface area contributed by atoms with Crippen molar-refractivity contribution in [2.75, 3.05) is 13.7 Å². The lowest BCUT2D eigenvalue weighted by molar-refractivity contribution is 0.330. The van der Waals surface area contributed by atoms with Gasteiger partial charge in [-0.1, -0.05) is 52.2 Å². The van der Waals surface area contributed by atoms with Crippen LogP contribution < -0.4 is 15.0 Å². The van der Waals surface area contributed by atoms with E-state index in [0.717, 1.165) is 9.86 Å². The predicted molar refractivity (Wildman–Crippen MR) is 139 cm³/mol. The number of aromatic nitrogens is 2. The first-order valence-corrected chi connectivity index (χ1v) is 11.4. The Morgan fingerprint density at radius 1 is 1.17 bits per heavy atom. The third kappa shape index (κ3) is 4.29. The number of hydrogen-bond acceptors (Lipinski definition) is 6. The van der Waals surface area contributed by atoms with Crippen molar-refractivity contribution >= 4 is 44.0 Å². The van der Waals surface area contributed by atoms with Gasteiger partial charge in [0.1, 0.15) is 12.2 Å². The first-order valence-electron chi connectivity index (χ1n) is 10.6. The molecule has 0 saturated carbocycles. The van der Waals surface area contributed by atoms with Gasteiger partial charge in [-0.05, 0) is 36.4 Å². The number of fused-ring (bicyclic) bond motifs is 2. The number of furan rings is 1. The minimum atomic E-state index is -0.338. The molecule has 0 radical (unpaired) electrons. The van der Waals surface area contributed by atoms with E-state index in [1.165, 1.54) is 18.0 Å². The summed E-state index contributed by atoms with van der Waals surface area (Å²) in [5.41, 5.74) is 1.45. The van der Waals surface area contributed by atoms with E-state index < -0.39 is 0 Å². The van der Waals surface area contributed by atoms with Crippen LogP contribution in [0.1, 0.15) is 5.56 Å². The van der Waals surface area contributed by atoms with E-state index in [9.17, 15) is 4.79 Å². The van der Waals surface area contributed by atoms with Gasteiger partial charge in [0.05, 0.1) is 24.2 Å². The molecule has 0 saturated heterocycles. The number of rotatable bonds is 6. The van der Waals surface area contributed by atoms with Gasteiger partial charge in [-0.2, -0.15) is 9.78 Å². The van der Waals surface area contributed by atoms with Crippen molar-refractivity contribution in [2.45, 2.75) is 0 Å².